The Kier molecular flexibility index (Phi) is 4.59. The van der Waals surface area contributed by atoms with E-state index >= 15 is 0 Å². The summed E-state index contributed by atoms with van der Waals surface area (Å²) >= 11 is 1.32. The first-order chi connectivity index (χ1) is 9.99. The zero-order valence-electron chi connectivity index (χ0n) is 11.4. The summed E-state index contributed by atoms with van der Waals surface area (Å²) in [5, 5.41) is 11.1. The van der Waals surface area contributed by atoms with Gasteiger partial charge in [0.2, 0.25) is 5.91 Å². The molecule has 2 rings (SSSR count). The Morgan fingerprint density at radius 3 is 2.67 bits per heavy atom. The molecule has 0 saturated heterocycles. The molecule has 1 amide bonds. The number of rotatable bonds is 5. The van der Waals surface area contributed by atoms with Crippen molar-refractivity contribution in [2.75, 3.05) is 0 Å². The van der Waals surface area contributed by atoms with Gasteiger partial charge in [0, 0.05) is 17.4 Å². The molecule has 2 N–H and O–H groups in total. The fraction of sp³-hybridized carbons (Fsp3) is 0.133. The van der Waals surface area contributed by atoms with Crippen molar-refractivity contribution in [1.82, 2.24) is 0 Å². The van der Waals surface area contributed by atoms with Gasteiger partial charge < -0.3 is 5.73 Å². The van der Waals surface area contributed by atoms with Crippen LogP contribution in [0.1, 0.15) is 21.5 Å². The molecule has 0 aliphatic heterocycles. The van der Waals surface area contributed by atoms with Crippen LogP contribution in [0.25, 0.3) is 0 Å². The van der Waals surface area contributed by atoms with E-state index in [2.05, 4.69) is 0 Å². The SMILES string of the molecule is Cc1ccc(SCc2ccccc2C(N)=O)c([N+](=O)[O-])c1. The molecule has 0 bridgehead atoms. The second kappa shape index (κ2) is 6.41. The summed E-state index contributed by atoms with van der Waals surface area (Å²) in [6.45, 7) is 1.81. The Labute approximate surface area is 126 Å². The maximum atomic E-state index is 11.4. The Bertz CT molecular complexity index is 701. The number of nitrogens with zero attached hydrogens (tertiary/aromatic N) is 1. The van der Waals surface area contributed by atoms with Gasteiger partial charge in [0.15, 0.2) is 0 Å². The van der Waals surface area contributed by atoms with E-state index in [4.69, 9.17) is 5.73 Å². The zero-order chi connectivity index (χ0) is 15.4. The number of nitro groups is 1. The molecule has 6 heteroatoms. The van der Waals surface area contributed by atoms with E-state index in [9.17, 15) is 14.9 Å². The average molecular weight is 302 g/mol. The minimum absolute atomic E-state index is 0.0801. The first-order valence-electron chi connectivity index (χ1n) is 6.24. The van der Waals surface area contributed by atoms with Gasteiger partial charge in [-0.05, 0) is 30.2 Å². The third-order valence-corrected chi connectivity index (χ3v) is 4.09. The number of hydrogen-bond donors (Lipinski definition) is 1. The topological polar surface area (TPSA) is 86.2 Å². The minimum atomic E-state index is -0.496. The van der Waals surface area contributed by atoms with Gasteiger partial charge in [0.25, 0.3) is 5.69 Å². The standard InChI is InChI=1S/C15H14N2O3S/c1-10-6-7-14(13(8-10)17(19)20)21-9-11-4-2-3-5-12(11)15(16)18/h2-8H,9H2,1H3,(H2,16,18). The third kappa shape index (κ3) is 3.61. The van der Waals surface area contributed by atoms with Gasteiger partial charge in [-0.3, -0.25) is 14.9 Å². The number of nitrogens with two attached hydrogens (primary N) is 1. The zero-order valence-corrected chi connectivity index (χ0v) is 12.2. The van der Waals surface area contributed by atoms with Crippen LogP contribution in [0.3, 0.4) is 0 Å². The molecule has 5 nitrogen and oxygen atoms in total. The lowest BCUT2D eigenvalue weighted by Gasteiger charge is -2.07. The number of nitro benzene ring substituents is 1. The molecule has 0 heterocycles. The van der Waals surface area contributed by atoms with Crippen molar-refractivity contribution in [3.05, 3.63) is 69.3 Å². The lowest BCUT2D eigenvalue weighted by atomic mass is 10.1. The summed E-state index contributed by atoms with van der Waals surface area (Å²) in [4.78, 5) is 22.6. The second-order valence-electron chi connectivity index (χ2n) is 4.54. The minimum Gasteiger partial charge on any atom is -0.366 e. The lowest BCUT2D eigenvalue weighted by Crippen LogP contribution is -2.13. The van der Waals surface area contributed by atoms with Crippen LogP contribution in [0.2, 0.25) is 0 Å². The summed E-state index contributed by atoms with van der Waals surface area (Å²) in [5.41, 5.74) is 7.45. The van der Waals surface area contributed by atoms with Crippen molar-refractivity contribution in [1.29, 1.82) is 0 Å². The molecule has 0 unspecified atom stereocenters. The van der Waals surface area contributed by atoms with Crippen molar-refractivity contribution in [3.8, 4) is 0 Å². The molecule has 0 radical (unpaired) electrons. The predicted molar refractivity (Wildman–Crippen MR) is 82.4 cm³/mol. The number of carbonyl (C=O) groups excluding carboxylic acids is 1. The highest BCUT2D eigenvalue weighted by Crippen LogP contribution is 2.32. The highest BCUT2D eigenvalue weighted by molar-refractivity contribution is 7.98. The molecule has 0 aromatic heterocycles. The fourth-order valence-corrected chi connectivity index (χ4v) is 2.94. The monoisotopic (exact) mass is 302 g/mol. The quantitative estimate of drug-likeness (QED) is 0.521. The van der Waals surface area contributed by atoms with Gasteiger partial charge in [0.1, 0.15) is 0 Å². The van der Waals surface area contributed by atoms with E-state index in [0.29, 0.717) is 16.2 Å². The number of benzene rings is 2. The molecule has 0 aliphatic rings. The molecule has 0 fully saturated rings. The normalized spacial score (nSPS) is 10.3. The Balaban J connectivity index is 2.25. The number of amides is 1. The van der Waals surface area contributed by atoms with E-state index in [1.54, 1.807) is 30.3 Å². The van der Waals surface area contributed by atoms with E-state index in [1.165, 1.54) is 11.8 Å². The van der Waals surface area contributed by atoms with Crippen molar-refractivity contribution in [2.24, 2.45) is 5.73 Å². The van der Waals surface area contributed by atoms with Gasteiger partial charge in [-0.25, -0.2) is 0 Å². The molecule has 0 atom stereocenters. The molecule has 108 valence electrons. The van der Waals surface area contributed by atoms with Crippen LogP contribution in [-0.2, 0) is 5.75 Å². The van der Waals surface area contributed by atoms with Gasteiger partial charge in [0.05, 0.1) is 9.82 Å². The van der Waals surface area contributed by atoms with Gasteiger partial charge in [-0.1, -0.05) is 24.3 Å². The summed E-state index contributed by atoms with van der Waals surface area (Å²) in [6.07, 6.45) is 0. The molecule has 0 spiro atoms. The summed E-state index contributed by atoms with van der Waals surface area (Å²) in [5.74, 6) is -0.0483. The molecular weight excluding hydrogens is 288 g/mol. The maximum absolute atomic E-state index is 11.4. The highest BCUT2D eigenvalue weighted by Gasteiger charge is 2.15. The largest absolute Gasteiger partial charge is 0.366 e. The van der Waals surface area contributed by atoms with Crippen molar-refractivity contribution in [3.63, 3.8) is 0 Å². The number of thioether (sulfide) groups is 1. The third-order valence-electron chi connectivity index (χ3n) is 2.98. The fourth-order valence-electron chi connectivity index (χ4n) is 1.93. The smallest absolute Gasteiger partial charge is 0.283 e. The first-order valence-corrected chi connectivity index (χ1v) is 7.23. The molecule has 0 saturated carbocycles. The van der Waals surface area contributed by atoms with E-state index < -0.39 is 10.8 Å². The molecule has 2 aromatic rings. The molecule has 21 heavy (non-hydrogen) atoms. The average Bonchev–Trinajstić information content (AvgIpc) is 2.46. The lowest BCUT2D eigenvalue weighted by molar-refractivity contribution is -0.387. The van der Waals surface area contributed by atoms with E-state index in [1.807, 2.05) is 19.1 Å². The van der Waals surface area contributed by atoms with Crippen LogP contribution < -0.4 is 5.73 Å². The number of hydrogen-bond acceptors (Lipinski definition) is 4. The van der Waals surface area contributed by atoms with Crippen LogP contribution in [-0.4, -0.2) is 10.8 Å². The van der Waals surface area contributed by atoms with Crippen LogP contribution in [0.15, 0.2) is 47.4 Å². The van der Waals surface area contributed by atoms with Crippen molar-refractivity contribution >= 4 is 23.4 Å². The number of primary amides is 1. The Hall–Kier alpha value is -2.34. The summed E-state index contributed by atoms with van der Waals surface area (Å²) < 4.78 is 0. The summed E-state index contributed by atoms with van der Waals surface area (Å²) in [6, 6.07) is 12.1. The maximum Gasteiger partial charge on any atom is 0.283 e. The molecular formula is C15H14N2O3S. The molecule has 2 aromatic carbocycles. The van der Waals surface area contributed by atoms with Crippen LogP contribution in [0, 0.1) is 17.0 Å². The van der Waals surface area contributed by atoms with Crippen LogP contribution in [0.5, 0.6) is 0 Å². The number of carbonyl (C=O) groups is 1. The van der Waals surface area contributed by atoms with E-state index in [0.717, 1.165) is 11.1 Å². The molecule has 0 aliphatic carbocycles. The van der Waals surface area contributed by atoms with Crippen LogP contribution >= 0.6 is 11.8 Å². The first kappa shape index (κ1) is 15.1. The number of aryl methyl sites for hydroxylation is 1. The van der Waals surface area contributed by atoms with Crippen molar-refractivity contribution < 1.29 is 9.72 Å². The van der Waals surface area contributed by atoms with E-state index in [-0.39, 0.29) is 5.69 Å². The Morgan fingerprint density at radius 2 is 2.00 bits per heavy atom. The van der Waals surface area contributed by atoms with Crippen molar-refractivity contribution in [2.45, 2.75) is 17.6 Å². The summed E-state index contributed by atoms with van der Waals surface area (Å²) in [7, 11) is 0. The Morgan fingerprint density at radius 1 is 1.29 bits per heavy atom. The highest BCUT2D eigenvalue weighted by atomic mass is 32.2. The van der Waals surface area contributed by atoms with Gasteiger partial charge in [-0.15, -0.1) is 11.8 Å². The predicted octanol–water partition coefficient (Wildman–Crippen LogP) is 3.29. The van der Waals surface area contributed by atoms with Gasteiger partial charge >= 0.3 is 0 Å². The van der Waals surface area contributed by atoms with Crippen LogP contribution in [0.4, 0.5) is 5.69 Å². The second-order valence-corrected chi connectivity index (χ2v) is 5.56. The van der Waals surface area contributed by atoms with Gasteiger partial charge in [-0.2, -0.15) is 0 Å².